The van der Waals surface area contributed by atoms with E-state index in [2.05, 4.69) is 15.0 Å². The summed E-state index contributed by atoms with van der Waals surface area (Å²) in [7, 11) is 1.50. The third-order valence-corrected chi connectivity index (χ3v) is 3.17. The Balaban J connectivity index is 2.06. The molecule has 1 fully saturated rings. The van der Waals surface area contributed by atoms with E-state index in [0.717, 1.165) is 0 Å². The molecule has 0 bridgehead atoms. The van der Waals surface area contributed by atoms with Crippen molar-refractivity contribution in [3.05, 3.63) is 12.7 Å². The fraction of sp³-hybridized carbons (Fsp3) is 0.545. The molecule has 1 aliphatic heterocycles. The molecule has 1 unspecified atom stereocenters. The Hall–Kier alpha value is -1.77. The van der Waals surface area contributed by atoms with Gasteiger partial charge in [-0.25, -0.2) is 9.97 Å². The highest BCUT2D eigenvalue weighted by atomic mass is 16.5. The monoisotopic (exact) mass is 266 g/mol. The van der Waals surface area contributed by atoms with E-state index in [4.69, 9.17) is 14.6 Å². The number of aliphatic hydroxyl groups excluding tert-OH is 2. The van der Waals surface area contributed by atoms with Crippen molar-refractivity contribution in [2.24, 2.45) is 0 Å². The maximum absolute atomic E-state index is 10.0. The third-order valence-electron chi connectivity index (χ3n) is 3.17. The summed E-state index contributed by atoms with van der Waals surface area (Å²) in [5, 5.41) is 19.1. The lowest BCUT2D eigenvalue weighted by molar-refractivity contribution is -0.0485. The summed E-state index contributed by atoms with van der Waals surface area (Å²) in [6, 6.07) is 0. The van der Waals surface area contributed by atoms with Crippen LogP contribution in [0.15, 0.2) is 12.7 Å². The maximum Gasteiger partial charge on any atom is 0.243 e. The summed E-state index contributed by atoms with van der Waals surface area (Å²) in [5.74, 6) is 0.366. The molecule has 102 valence electrons. The van der Waals surface area contributed by atoms with Crippen LogP contribution in [0.25, 0.3) is 11.2 Å². The molecule has 3 heterocycles. The molecular weight excluding hydrogens is 252 g/mol. The SMILES string of the molecule is COc1ncnc2ncn(C3O[C@H](CO)C[C@@H]3O)c12. The first kappa shape index (κ1) is 12.3. The summed E-state index contributed by atoms with van der Waals surface area (Å²) in [4.78, 5) is 12.2. The molecule has 2 aromatic rings. The second-order valence-electron chi connectivity index (χ2n) is 4.34. The minimum absolute atomic E-state index is 0.131. The number of rotatable bonds is 3. The van der Waals surface area contributed by atoms with Crippen LogP contribution in [-0.4, -0.2) is 55.7 Å². The van der Waals surface area contributed by atoms with Crippen molar-refractivity contribution < 1.29 is 19.7 Å². The number of aliphatic hydroxyl groups is 2. The summed E-state index contributed by atoms with van der Waals surface area (Å²) in [6.45, 7) is -0.131. The summed E-state index contributed by atoms with van der Waals surface area (Å²) >= 11 is 0. The van der Waals surface area contributed by atoms with Crippen LogP contribution in [0.5, 0.6) is 5.88 Å². The lowest BCUT2D eigenvalue weighted by Gasteiger charge is -2.17. The average molecular weight is 266 g/mol. The zero-order valence-electron chi connectivity index (χ0n) is 10.3. The molecule has 8 nitrogen and oxygen atoms in total. The highest BCUT2D eigenvalue weighted by Gasteiger charge is 2.36. The van der Waals surface area contributed by atoms with E-state index in [9.17, 15) is 5.11 Å². The molecule has 1 saturated heterocycles. The van der Waals surface area contributed by atoms with Crippen LogP contribution in [0.3, 0.4) is 0 Å². The van der Waals surface area contributed by atoms with E-state index in [1.807, 2.05) is 0 Å². The molecule has 0 saturated carbocycles. The minimum atomic E-state index is -0.723. The lowest BCUT2D eigenvalue weighted by atomic mass is 10.2. The first-order chi connectivity index (χ1) is 9.24. The van der Waals surface area contributed by atoms with Gasteiger partial charge in [0.25, 0.3) is 0 Å². The van der Waals surface area contributed by atoms with Gasteiger partial charge < -0.3 is 19.7 Å². The third kappa shape index (κ3) is 1.93. The zero-order valence-corrected chi connectivity index (χ0v) is 10.3. The highest BCUT2D eigenvalue weighted by molar-refractivity contribution is 5.76. The van der Waals surface area contributed by atoms with Crippen LogP contribution in [0, 0.1) is 0 Å². The normalized spacial score (nSPS) is 27.0. The number of aromatic nitrogens is 4. The Bertz CT molecular complexity index is 587. The first-order valence-corrected chi connectivity index (χ1v) is 5.90. The molecule has 3 atom stereocenters. The quantitative estimate of drug-likeness (QED) is 0.770. The second kappa shape index (κ2) is 4.72. The second-order valence-corrected chi connectivity index (χ2v) is 4.34. The highest BCUT2D eigenvalue weighted by Crippen LogP contribution is 2.32. The van der Waals surface area contributed by atoms with E-state index in [0.29, 0.717) is 23.5 Å². The van der Waals surface area contributed by atoms with Crippen molar-refractivity contribution >= 4 is 11.2 Å². The molecule has 0 amide bonds. The largest absolute Gasteiger partial charge is 0.479 e. The van der Waals surface area contributed by atoms with Gasteiger partial charge >= 0.3 is 0 Å². The van der Waals surface area contributed by atoms with E-state index in [-0.39, 0.29) is 12.7 Å². The van der Waals surface area contributed by atoms with Gasteiger partial charge in [0.2, 0.25) is 5.88 Å². The van der Waals surface area contributed by atoms with Gasteiger partial charge in [-0.2, -0.15) is 4.98 Å². The lowest BCUT2D eigenvalue weighted by Crippen LogP contribution is -2.19. The topological polar surface area (TPSA) is 103 Å². The van der Waals surface area contributed by atoms with Crippen molar-refractivity contribution in [3.8, 4) is 5.88 Å². The smallest absolute Gasteiger partial charge is 0.243 e. The Labute approximate surface area is 108 Å². The summed E-state index contributed by atoms with van der Waals surface area (Å²) in [6.07, 6.45) is 1.53. The molecule has 0 aromatic carbocycles. The predicted octanol–water partition coefficient (Wildman–Crippen LogP) is -0.524. The molecule has 3 rings (SSSR count). The van der Waals surface area contributed by atoms with Gasteiger partial charge in [-0.15, -0.1) is 0 Å². The predicted molar refractivity (Wildman–Crippen MR) is 63.5 cm³/mol. The number of hydrogen-bond acceptors (Lipinski definition) is 7. The fourth-order valence-electron chi connectivity index (χ4n) is 2.29. The molecule has 1 aliphatic rings. The fourth-order valence-corrected chi connectivity index (χ4v) is 2.29. The van der Waals surface area contributed by atoms with Gasteiger partial charge in [0.15, 0.2) is 17.4 Å². The van der Waals surface area contributed by atoms with Crippen LogP contribution in [0.1, 0.15) is 12.6 Å². The Kier molecular flexibility index (Phi) is 3.05. The van der Waals surface area contributed by atoms with Gasteiger partial charge in [-0.05, 0) is 0 Å². The van der Waals surface area contributed by atoms with Gasteiger partial charge in [0.1, 0.15) is 18.8 Å². The molecule has 2 N–H and O–H groups in total. The van der Waals surface area contributed by atoms with E-state index in [1.165, 1.54) is 19.8 Å². The molecule has 8 heteroatoms. The Morgan fingerprint density at radius 1 is 1.47 bits per heavy atom. The standard InChI is InChI=1S/C11H14N4O4/c1-18-10-8-9(12-4-13-10)14-5-15(8)11-7(17)2-6(3-16)19-11/h4-7,11,16-17H,2-3H2,1H3/t6-,7-,11?/m0/s1. The molecule has 0 aliphatic carbocycles. The number of hydrogen-bond donors (Lipinski definition) is 2. The minimum Gasteiger partial charge on any atom is -0.479 e. The van der Waals surface area contributed by atoms with Crippen molar-refractivity contribution in [1.29, 1.82) is 0 Å². The van der Waals surface area contributed by atoms with Crippen LogP contribution < -0.4 is 4.74 Å². The molecule has 0 radical (unpaired) electrons. The number of fused-ring (bicyclic) bond motifs is 1. The van der Waals surface area contributed by atoms with Gasteiger partial charge in [-0.3, -0.25) is 4.57 Å². The molecule has 2 aromatic heterocycles. The number of imidazole rings is 1. The first-order valence-electron chi connectivity index (χ1n) is 5.90. The van der Waals surface area contributed by atoms with Gasteiger partial charge in [-0.1, -0.05) is 0 Å². The van der Waals surface area contributed by atoms with Gasteiger partial charge in [0, 0.05) is 6.42 Å². The summed E-state index contributed by atoms with van der Waals surface area (Å²) < 4.78 is 12.4. The average Bonchev–Trinajstić information content (AvgIpc) is 3.01. The molecular formula is C11H14N4O4. The number of methoxy groups -OCH3 is 1. The van der Waals surface area contributed by atoms with Crippen LogP contribution in [0.2, 0.25) is 0 Å². The van der Waals surface area contributed by atoms with Crippen LogP contribution in [-0.2, 0) is 4.74 Å². The van der Waals surface area contributed by atoms with Crippen molar-refractivity contribution in [3.63, 3.8) is 0 Å². The number of nitrogens with zero attached hydrogens (tertiary/aromatic N) is 4. The molecule has 0 spiro atoms. The Morgan fingerprint density at radius 2 is 2.32 bits per heavy atom. The maximum atomic E-state index is 10.0. The number of ether oxygens (including phenoxy) is 2. The Morgan fingerprint density at radius 3 is 3.00 bits per heavy atom. The van der Waals surface area contributed by atoms with Crippen LogP contribution >= 0.6 is 0 Å². The van der Waals surface area contributed by atoms with Crippen molar-refractivity contribution in [1.82, 2.24) is 19.5 Å². The van der Waals surface area contributed by atoms with Crippen molar-refractivity contribution in [2.45, 2.75) is 24.9 Å². The van der Waals surface area contributed by atoms with Gasteiger partial charge in [0.05, 0.1) is 19.8 Å². The van der Waals surface area contributed by atoms with E-state index < -0.39 is 12.3 Å². The zero-order chi connectivity index (χ0) is 13.4. The van der Waals surface area contributed by atoms with Crippen LogP contribution in [0.4, 0.5) is 0 Å². The summed E-state index contributed by atoms with van der Waals surface area (Å²) in [5.41, 5.74) is 1.03. The van der Waals surface area contributed by atoms with Crippen molar-refractivity contribution in [2.75, 3.05) is 13.7 Å². The molecule has 19 heavy (non-hydrogen) atoms. The van der Waals surface area contributed by atoms with E-state index >= 15 is 0 Å². The van der Waals surface area contributed by atoms with E-state index in [1.54, 1.807) is 4.57 Å².